The molecule has 0 saturated carbocycles. The van der Waals surface area contributed by atoms with E-state index in [9.17, 15) is 8.42 Å². The van der Waals surface area contributed by atoms with Crippen LogP contribution in [0.2, 0.25) is 0 Å². The van der Waals surface area contributed by atoms with Gasteiger partial charge in [-0.2, -0.15) is 0 Å². The third kappa shape index (κ3) is 3.60. The zero-order valence-electron chi connectivity index (χ0n) is 13.5. The van der Waals surface area contributed by atoms with Crippen LogP contribution in [-0.4, -0.2) is 20.5 Å². The molecule has 0 fully saturated rings. The monoisotopic (exact) mass is 344 g/mol. The van der Waals surface area contributed by atoms with Gasteiger partial charge in [0.25, 0.3) is 0 Å². The van der Waals surface area contributed by atoms with Gasteiger partial charge in [0, 0.05) is 17.1 Å². The fraction of sp³-hybridized carbons (Fsp3) is 0.222. The molecule has 0 radical (unpaired) electrons. The van der Waals surface area contributed by atoms with E-state index < -0.39 is 10.0 Å². The van der Waals surface area contributed by atoms with Crippen molar-refractivity contribution >= 4 is 20.9 Å². The number of hydrogen-bond acceptors (Lipinski definition) is 3. The van der Waals surface area contributed by atoms with E-state index in [1.54, 1.807) is 19.2 Å². The number of nitrogens with one attached hydrogen (secondary N) is 1. The number of primary sulfonamides is 1. The Hall–Kier alpha value is -2.31. The van der Waals surface area contributed by atoms with Crippen molar-refractivity contribution in [2.75, 3.05) is 7.11 Å². The van der Waals surface area contributed by atoms with Crippen molar-refractivity contribution in [1.82, 2.24) is 4.98 Å². The van der Waals surface area contributed by atoms with Crippen molar-refractivity contribution in [2.45, 2.75) is 24.2 Å². The van der Waals surface area contributed by atoms with Crippen molar-refractivity contribution < 1.29 is 13.2 Å². The van der Waals surface area contributed by atoms with Crippen LogP contribution in [0.5, 0.6) is 5.75 Å². The summed E-state index contributed by atoms with van der Waals surface area (Å²) in [6, 6.07) is 12.7. The van der Waals surface area contributed by atoms with Gasteiger partial charge in [0.15, 0.2) is 0 Å². The number of fused-ring (bicyclic) bond motifs is 1. The van der Waals surface area contributed by atoms with Crippen LogP contribution < -0.4 is 9.88 Å². The maximum absolute atomic E-state index is 11.3. The number of benzene rings is 2. The largest absolute Gasteiger partial charge is 0.497 e. The second-order valence-corrected chi connectivity index (χ2v) is 7.33. The number of nitrogens with two attached hydrogens (primary N) is 1. The molecule has 3 aromatic rings. The molecule has 6 heteroatoms. The van der Waals surface area contributed by atoms with Crippen LogP contribution >= 0.6 is 0 Å². The summed E-state index contributed by atoms with van der Waals surface area (Å²) in [6.45, 7) is 0. The second kappa shape index (κ2) is 6.67. The van der Waals surface area contributed by atoms with E-state index in [1.165, 1.54) is 10.9 Å². The standard InChI is InChI=1S/C18H20N2O3S/c1-23-15-7-10-18-17(11-15)14(12-20-18)4-2-3-13-5-8-16(9-6-13)24(19,21)22/h5-12,20H,2-4H2,1H3,(H2,19,21,22). The molecule has 0 aliphatic heterocycles. The average Bonchev–Trinajstić information content (AvgIpc) is 2.97. The number of sulfonamides is 1. The van der Waals surface area contributed by atoms with Gasteiger partial charge < -0.3 is 9.72 Å². The highest BCUT2D eigenvalue weighted by molar-refractivity contribution is 7.89. The highest BCUT2D eigenvalue weighted by Crippen LogP contribution is 2.25. The van der Waals surface area contributed by atoms with E-state index in [1.807, 2.05) is 36.5 Å². The van der Waals surface area contributed by atoms with Crippen molar-refractivity contribution in [1.29, 1.82) is 0 Å². The minimum atomic E-state index is -3.62. The first-order valence-electron chi connectivity index (χ1n) is 7.73. The molecule has 0 amide bonds. The van der Waals surface area contributed by atoms with Crippen molar-refractivity contribution in [2.24, 2.45) is 5.14 Å². The van der Waals surface area contributed by atoms with Crippen LogP contribution in [0.3, 0.4) is 0 Å². The average molecular weight is 344 g/mol. The lowest BCUT2D eigenvalue weighted by atomic mass is 10.0. The summed E-state index contributed by atoms with van der Waals surface area (Å²) in [5, 5.41) is 6.29. The van der Waals surface area contributed by atoms with E-state index in [0.717, 1.165) is 36.1 Å². The van der Waals surface area contributed by atoms with Crippen molar-refractivity contribution in [3.63, 3.8) is 0 Å². The Morgan fingerprint density at radius 3 is 2.50 bits per heavy atom. The first kappa shape index (κ1) is 16.5. The van der Waals surface area contributed by atoms with Crippen LogP contribution in [0, 0.1) is 0 Å². The summed E-state index contributed by atoms with van der Waals surface area (Å²) in [6.07, 6.45) is 4.82. The molecule has 0 aliphatic rings. The minimum absolute atomic E-state index is 0.148. The van der Waals surface area contributed by atoms with Gasteiger partial charge in [-0.3, -0.25) is 0 Å². The van der Waals surface area contributed by atoms with Gasteiger partial charge in [0.2, 0.25) is 10.0 Å². The van der Waals surface area contributed by atoms with Crippen LogP contribution in [0.4, 0.5) is 0 Å². The maximum Gasteiger partial charge on any atom is 0.238 e. The Morgan fingerprint density at radius 1 is 1.08 bits per heavy atom. The number of aromatic nitrogens is 1. The van der Waals surface area contributed by atoms with Crippen LogP contribution in [0.25, 0.3) is 10.9 Å². The minimum Gasteiger partial charge on any atom is -0.497 e. The zero-order chi connectivity index (χ0) is 17.2. The molecule has 0 spiro atoms. The lowest BCUT2D eigenvalue weighted by Gasteiger charge is -2.04. The molecule has 2 aromatic carbocycles. The first-order chi connectivity index (χ1) is 11.5. The molecular weight excluding hydrogens is 324 g/mol. The summed E-state index contributed by atoms with van der Waals surface area (Å²) in [5.74, 6) is 0.849. The van der Waals surface area contributed by atoms with Gasteiger partial charge >= 0.3 is 0 Å². The van der Waals surface area contributed by atoms with Crippen LogP contribution in [0.1, 0.15) is 17.5 Å². The van der Waals surface area contributed by atoms with Gasteiger partial charge in [-0.25, -0.2) is 13.6 Å². The molecule has 0 saturated heterocycles. The van der Waals surface area contributed by atoms with Gasteiger partial charge in [-0.05, 0) is 60.7 Å². The number of ether oxygens (including phenoxy) is 1. The molecular formula is C18H20N2O3S. The SMILES string of the molecule is COc1ccc2[nH]cc(CCCc3ccc(S(N)(=O)=O)cc3)c2c1. The first-order valence-corrected chi connectivity index (χ1v) is 9.28. The fourth-order valence-electron chi connectivity index (χ4n) is 2.82. The number of aryl methyl sites for hydroxylation is 2. The summed E-state index contributed by atoms with van der Waals surface area (Å²) >= 11 is 0. The highest BCUT2D eigenvalue weighted by Gasteiger charge is 2.08. The topological polar surface area (TPSA) is 85.2 Å². The van der Waals surface area contributed by atoms with Crippen molar-refractivity contribution in [3.05, 3.63) is 59.8 Å². The molecule has 0 atom stereocenters. The molecule has 126 valence electrons. The van der Waals surface area contributed by atoms with E-state index in [4.69, 9.17) is 9.88 Å². The zero-order valence-corrected chi connectivity index (χ0v) is 14.3. The summed E-state index contributed by atoms with van der Waals surface area (Å²) in [5.41, 5.74) is 3.45. The van der Waals surface area contributed by atoms with Gasteiger partial charge in [0.05, 0.1) is 12.0 Å². The van der Waals surface area contributed by atoms with Gasteiger partial charge in [-0.1, -0.05) is 12.1 Å². The quantitative estimate of drug-likeness (QED) is 0.721. The molecule has 3 rings (SSSR count). The Bertz CT molecular complexity index is 944. The lowest BCUT2D eigenvalue weighted by molar-refractivity contribution is 0.415. The van der Waals surface area contributed by atoms with Crippen molar-refractivity contribution in [3.8, 4) is 5.75 Å². The van der Waals surface area contributed by atoms with E-state index in [0.29, 0.717) is 0 Å². The maximum atomic E-state index is 11.3. The van der Waals surface area contributed by atoms with Crippen LogP contribution in [0.15, 0.2) is 53.6 Å². The lowest BCUT2D eigenvalue weighted by Crippen LogP contribution is -2.11. The molecule has 0 bridgehead atoms. The number of H-pyrrole nitrogens is 1. The Labute approximate surface area is 141 Å². The second-order valence-electron chi connectivity index (χ2n) is 5.77. The summed E-state index contributed by atoms with van der Waals surface area (Å²) in [4.78, 5) is 3.42. The molecule has 0 unspecified atom stereocenters. The molecule has 1 heterocycles. The van der Waals surface area contributed by atoms with Crippen LogP contribution in [-0.2, 0) is 22.9 Å². The summed E-state index contributed by atoms with van der Waals surface area (Å²) < 4.78 is 27.8. The highest BCUT2D eigenvalue weighted by atomic mass is 32.2. The fourth-order valence-corrected chi connectivity index (χ4v) is 3.34. The van der Waals surface area contributed by atoms with E-state index in [-0.39, 0.29) is 4.90 Å². The molecule has 0 aliphatic carbocycles. The van der Waals surface area contributed by atoms with Gasteiger partial charge in [-0.15, -0.1) is 0 Å². The molecule has 1 aromatic heterocycles. The number of methoxy groups -OCH3 is 1. The summed E-state index contributed by atoms with van der Waals surface area (Å²) in [7, 11) is -1.96. The van der Waals surface area contributed by atoms with Gasteiger partial charge in [0.1, 0.15) is 5.75 Å². The smallest absolute Gasteiger partial charge is 0.238 e. The number of rotatable bonds is 6. The molecule has 3 N–H and O–H groups in total. The van der Waals surface area contributed by atoms with E-state index >= 15 is 0 Å². The molecule has 24 heavy (non-hydrogen) atoms. The Morgan fingerprint density at radius 2 is 1.83 bits per heavy atom. The van der Waals surface area contributed by atoms with E-state index in [2.05, 4.69) is 4.98 Å². The predicted octanol–water partition coefficient (Wildman–Crippen LogP) is 3.00. The molecule has 5 nitrogen and oxygen atoms in total. The third-order valence-electron chi connectivity index (χ3n) is 4.14. The Kier molecular flexibility index (Phi) is 4.59. The normalized spacial score (nSPS) is 11.8. The number of hydrogen-bond donors (Lipinski definition) is 2. The third-order valence-corrected chi connectivity index (χ3v) is 5.07. The number of aromatic amines is 1. The predicted molar refractivity (Wildman–Crippen MR) is 94.7 cm³/mol. The Balaban J connectivity index is 1.66.